The third kappa shape index (κ3) is 2.66. The number of nitriles is 1. The molecule has 0 aliphatic heterocycles. The molecule has 7 nitrogen and oxygen atoms in total. The topological polar surface area (TPSA) is 116 Å². The van der Waals surface area contributed by atoms with E-state index in [-0.39, 0.29) is 27.7 Å². The maximum atomic E-state index is 11.0. The molecule has 118 valence electrons. The molecule has 3 aromatic rings. The Hall–Kier alpha value is -3.37. The van der Waals surface area contributed by atoms with Gasteiger partial charge in [0.1, 0.15) is 22.4 Å². The number of fused-ring (bicyclic) bond motifs is 1. The molecule has 1 heterocycles. The summed E-state index contributed by atoms with van der Waals surface area (Å²) in [6.45, 7) is 0. The van der Waals surface area contributed by atoms with Crippen LogP contribution < -0.4 is 0 Å². The molecule has 3 rings (SSSR count). The van der Waals surface area contributed by atoms with E-state index in [0.29, 0.717) is 11.0 Å². The molecule has 2 N–H and O–H groups in total. The van der Waals surface area contributed by atoms with Crippen molar-refractivity contribution in [2.75, 3.05) is 0 Å². The lowest BCUT2D eigenvalue weighted by Gasteiger charge is -2.03. The van der Waals surface area contributed by atoms with E-state index in [0.717, 1.165) is 6.07 Å². The molecule has 2 aromatic carbocycles. The van der Waals surface area contributed by atoms with Crippen molar-refractivity contribution >= 4 is 39.7 Å². The van der Waals surface area contributed by atoms with E-state index in [1.807, 2.05) is 12.1 Å². The van der Waals surface area contributed by atoms with Gasteiger partial charge in [0, 0.05) is 11.6 Å². The number of nitro groups is 1. The summed E-state index contributed by atoms with van der Waals surface area (Å²) in [6.07, 6.45) is 0. The predicted octanol–water partition coefficient (Wildman–Crippen LogP) is 4.07. The second-order valence-electron chi connectivity index (χ2n) is 4.86. The Balaban J connectivity index is 2.16. The summed E-state index contributed by atoms with van der Waals surface area (Å²) in [6, 6.07) is 12.8. The number of nitrogens with zero attached hydrogens (tertiary/aromatic N) is 3. The molecule has 8 heteroatoms. The Kier molecular flexibility index (Phi) is 3.90. The van der Waals surface area contributed by atoms with Crippen molar-refractivity contribution < 1.29 is 10.0 Å². The highest BCUT2D eigenvalue weighted by Crippen LogP contribution is 2.30. The van der Waals surface area contributed by atoms with Crippen LogP contribution in [0.4, 0.5) is 5.69 Å². The van der Waals surface area contributed by atoms with Gasteiger partial charge >= 0.3 is 0 Å². The van der Waals surface area contributed by atoms with Crippen LogP contribution in [-0.4, -0.2) is 20.0 Å². The smallest absolute Gasteiger partial charge is 0.288 e. The first kappa shape index (κ1) is 15.5. The van der Waals surface area contributed by atoms with Crippen molar-refractivity contribution in [3.05, 3.63) is 69.0 Å². The SMILES string of the molecule is N#CC(=C(O)c1ccc(Cl)c([N+](=O)[O-])c1)c1nc2ccccc2[nH]1. The largest absolute Gasteiger partial charge is 0.506 e. The van der Waals surface area contributed by atoms with Crippen LogP contribution in [-0.2, 0) is 0 Å². The number of imidazole rings is 1. The van der Waals surface area contributed by atoms with E-state index in [2.05, 4.69) is 9.97 Å². The number of hydrogen-bond donors (Lipinski definition) is 2. The first-order valence-electron chi connectivity index (χ1n) is 6.74. The number of aromatic nitrogens is 2. The number of aromatic amines is 1. The number of nitro benzene ring substituents is 1. The van der Waals surface area contributed by atoms with Gasteiger partial charge in [-0.1, -0.05) is 23.7 Å². The zero-order valence-corrected chi connectivity index (χ0v) is 12.8. The summed E-state index contributed by atoms with van der Waals surface area (Å²) in [4.78, 5) is 17.5. The standard InChI is InChI=1S/C16H9ClN4O3/c17-11-6-5-9(7-14(11)21(23)24)15(22)10(8-18)16-19-12-3-1-2-4-13(12)20-16/h1-7,22H,(H,19,20). The lowest BCUT2D eigenvalue weighted by molar-refractivity contribution is -0.384. The number of nitrogens with one attached hydrogen (secondary N) is 1. The van der Waals surface area contributed by atoms with Crippen molar-refractivity contribution in [2.24, 2.45) is 0 Å². The molecular formula is C16H9ClN4O3. The molecule has 24 heavy (non-hydrogen) atoms. The quantitative estimate of drug-likeness (QED) is 0.322. The maximum Gasteiger partial charge on any atom is 0.288 e. The van der Waals surface area contributed by atoms with Crippen molar-refractivity contribution in [1.29, 1.82) is 5.26 Å². The third-order valence-corrected chi connectivity index (χ3v) is 3.71. The molecular weight excluding hydrogens is 332 g/mol. The highest BCUT2D eigenvalue weighted by atomic mass is 35.5. The first-order valence-corrected chi connectivity index (χ1v) is 7.12. The van der Waals surface area contributed by atoms with Gasteiger partial charge in [-0.2, -0.15) is 5.26 Å². The number of aliphatic hydroxyl groups is 1. The summed E-state index contributed by atoms with van der Waals surface area (Å²) in [5, 5.41) is 30.7. The molecule has 0 fully saturated rings. The average Bonchev–Trinajstić information content (AvgIpc) is 2.99. The minimum Gasteiger partial charge on any atom is -0.506 e. The summed E-state index contributed by atoms with van der Waals surface area (Å²) >= 11 is 5.76. The van der Waals surface area contributed by atoms with Crippen molar-refractivity contribution in [2.45, 2.75) is 0 Å². The van der Waals surface area contributed by atoms with Crippen LogP contribution in [0.2, 0.25) is 5.02 Å². The Morgan fingerprint density at radius 2 is 2.08 bits per heavy atom. The molecule has 0 aliphatic rings. The zero-order chi connectivity index (χ0) is 17.3. The number of H-pyrrole nitrogens is 1. The fraction of sp³-hybridized carbons (Fsp3) is 0. The molecule has 0 saturated heterocycles. The molecule has 1 aromatic heterocycles. The van der Waals surface area contributed by atoms with Gasteiger partial charge < -0.3 is 10.1 Å². The van der Waals surface area contributed by atoms with Gasteiger partial charge in [0.2, 0.25) is 0 Å². The Labute approximate surface area is 140 Å². The fourth-order valence-electron chi connectivity index (χ4n) is 2.23. The molecule has 0 unspecified atom stereocenters. The number of rotatable bonds is 3. The van der Waals surface area contributed by atoms with Gasteiger partial charge in [0.15, 0.2) is 5.82 Å². The Bertz CT molecular complexity index is 1000. The summed E-state index contributed by atoms with van der Waals surface area (Å²) in [5.41, 5.74) is 0.957. The number of allylic oxidation sites excluding steroid dienone is 1. The van der Waals surface area contributed by atoms with E-state index in [4.69, 9.17) is 11.6 Å². The van der Waals surface area contributed by atoms with E-state index in [9.17, 15) is 20.5 Å². The van der Waals surface area contributed by atoms with Crippen molar-refractivity contribution in [3.63, 3.8) is 0 Å². The Morgan fingerprint density at radius 1 is 1.33 bits per heavy atom. The van der Waals surface area contributed by atoms with E-state index >= 15 is 0 Å². The molecule has 0 spiro atoms. The van der Waals surface area contributed by atoms with Crippen LogP contribution in [0.3, 0.4) is 0 Å². The van der Waals surface area contributed by atoms with Crippen LogP contribution in [0, 0.1) is 21.4 Å². The second-order valence-corrected chi connectivity index (χ2v) is 5.27. The van der Waals surface area contributed by atoms with Crippen LogP contribution in [0.25, 0.3) is 22.4 Å². The van der Waals surface area contributed by atoms with Gasteiger partial charge in [0.25, 0.3) is 5.69 Å². The minimum absolute atomic E-state index is 0.0567. The van der Waals surface area contributed by atoms with E-state index in [1.54, 1.807) is 18.2 Å². The zero-order valence-electron chi connectivity index (χ0n) is 12.0. The van der Waals surface area contributed by atoms with E-state index in [1.165, 1.54) is 12.1 Å². The molecule has 0 aliphatic carbocycles. The number of hydrogen-bond acceptors (Lipinski definition) is 5. The number of halogens is 1. The van der Waals surface area contributed by atoms with Gasteiger partial charge in [-0.25, -0.2) is 4.98 Å². The molecule has 0 amide bonds. The number of para-hydroxylation sites is 2. The number of aliphatic hydroxyl groups excluding tert-OH is 1. The molecule has 0 radical (unpaired) electrons. The van der Waals surface area contributed by atoms with Crippen molar-refractivity contribution in [1.82, 2.24) is 9.97 Å². The van der Waals surface area contributed by atoms with Crippen molar-refractivity contribution in [3.8, 4) is 6.07 Å². The Morgan fingerprint density at radius 3 is 2.75 bits per heavy atom. The predicted molar refractivity (Wildman–Crippen MR) is 89.3 cm³/mol. The van der Waals surface area contributed by atoms with Crippen LogP contribution in [0.5, 0.6) is 0 Å². The maximum absolute atomic E-state index is 11.0. The molecule has 0 atom stereocenters. The normalized spacial score (nSPS) is 11.8. The minimum atomic E-state index is -0.660. The molecule has 0 bridgehead atoms. The van der Waals surface area contributed by atoms with Crippen LogP contribution in [0.1, 0.15) is 11.4 Å². The monoisotopic (exact) mass is 340 g/mol. The lowest BCUT2D eigenvalue weighted by atomic mass is 10.1. The van der Waals surface area contributed by atoms with Crippen LogP contribution in [0.15, 0.2) is 42.5 Å². The number of benzene rings is 2. The first-order chi connectivity index (χ1) is 11.5. The third-order valence-electron chi connectivity index (χ3n) is 3.39. The van der Waals surface area contributed by atoms with E-state index < -0.39 is 10.7 Å². The average molecular weight is 341 g/mol. The van der Waals surface area contributed by atoms with Gasteiger partial charge in [-0.15, -0.1) is 0 Å². The van der Waals surface area contributed by atoms with Gasteiger partial charge in [0.05, 0.1) is 16.0 Å². The summed E-state index contributed by atoms with van der Waals surface area (Å²) in [7, 11) is 0. The highest BCUT2D eigenvalue weighted by Gasteiger charge is 2.19. The summed E-state index contributed by atoms with van der Waals surface area (Å²) < 4.78 is 0. The lowest BCUT2D eigenvalue weighted by Crippen LogP contribution is -1.95. The van der Waals surface area contributed by atoms with Crippen LogP contribution >= 0.6 is 11.6 Å². The summed E-state index contributed by atoms with van der Waals surface area (Å²) in [5.74, 6) is -0.245. The second kappa shape index (κ2) is 6.02. The molecule has 0 saturated carbocycles. The van der Waals surface area contributed by atoms with Gasteiger partial charge in [-0.05, 0) is 24.3 Å². The fourth-order valence-corrected chi connectivity index (χ4v) is 2.42. The van der Waals surface area contributed by atoms with Gasteiger partial charge in [-0.3, -0.25) is 10.1 Å². The highest BCUT2D eigenvalue weighted by molar-refractivity contribution is 6.32.